The summed E-state index contributed by atoms with van der Waals surface area (Å²) in [6, 6.07) is 3.29. The molecule has 1 saturated heterocycles. The minimum atomic E-state index is -0.920. The Labute approximate surface area is 225 Å². The SMILES string of the molecule is COc1ccc(F)cc1C(Cn1c(=O)n(C2CC(=O)N(C)C2)c(=O)c2c(C)c(-n3nccn3)sc21)OCCO. The number of aliphatic hydroxyl groups excluding tert-OH is 1. The lowest BCUT2D eigenvalue weighted by Crippen LogP contribution is -2.43. The molecule has 0 saturated carbocycles. The van der Waals surface area contributed by atoms with E-state index >= 15 is 0 Å². The number of hydrogen-bond acceptors (Lipinski definition) is 9. The highest BCUT2D eigenvalue weighted by Crippen LogP contribution is 2.34. The molecule has 1 aliphatic rings. The molecular weight excluding hydrogens is 531 g/mol. The van der Waals surface area contributed by atoms with Gasteiger partial charge in [-0.25, -0.2) is 9.18 Å². The molecule has 2 atom stereocenters. The van der Waals surface area contributed by atoms with Gasteiger partial charge in [0.25, 0.3) is 5.56 Å². The Morgan fingerprint density at radius 2 is 1.97 bits per heavy atom. The monoisotopic (exact) mass is 558 g/mol. The van der Waals surface area contributed by atoms with Crippen LogP contribution in [0.2, 0.25) is 0 Å². The largest absolute Gasteiger partial charge is 0.496 e. The van der Waals surface area contributed by atoms with Crippen molar-refractivity contribution in [2.75, 3.05) is 33.9 Å². The lowest BCUT2D eigenvalue weighted by molar-refractivity contribution is -0.126. The summed E-state index contributed by atoms with van der Waals surface area (Å²) < 4.78 is 28.2. The number of amides is 1. The average molecular weight is 559 g/mol. The Morgan fingerprint density at radius 3 is 2.62 bits per heavy atom. The van der Waals surface area contributed by atoms with Crippen LogP contribution in [-0.4, -0.2) is 74.0 Å². The summed E-state index contributed by atoms with van der Waals surface area (Å²) in [7, 11) is 3.06. The van der Waals surface area contributed by atoms with Crippen molar-refractivity contribution in [3.8, 4) is 10.8 Å². The van der Waals surface area contributed by atoms with Crippen molar-refractivity contribution in [2.24, 2.45) is 0 Å². The van der Waals surface area contributed by atoms with Crippen LogP contribution in [0.3, 0.4) is 0 Å². The number of fused-ring (bicyclic) bond motifs is 1. The molecule has 1 N–H and O–H groups in total. The van der Waals surface area contributed by atoms with Crippen molar-refractivity contribution in [3.63, 3.8) is 0 Å². The minimum Gasteiger partial charge on any atom is -0.496 e. The van der Waals surface area contributed by atoms with Gasteiger partial charge in [-0.2, -0.15) is 10.2 Å². The van der Waals surface area contributed by atoms with Crippen molar-refractivity contribution < 1.29 is 23.8 Å². The van der Waals surface area contributed by atoms with E-state index in [1.807, 2.05) is 0 Å². The maximum absolute atomic E-state index is 14.3. The van der Waals surface area contributed by atoms with Gasteiger partial charge in [-0.15, -0.1) is 4.80 Å². The zero-order chi connectivity index (χ0) is 27.8. The predicted octanol–water partition coefficient (Wildman–Crippen LogP) is 1.41. The van der Waals surface area contributed by atoms with E-state index in [1.165, 1.54) is 52.0 Å². The number of thiophene rings is 1. The van der Waals surface area contributed by atoms with Crippen molar-refractivity contribution in [2.45, 2.75) is 32.0 Å². The fourth-order valence-electron chi connectivity index (χ4n) is 4.92. The highest BCUT2D eigenvalue weighted by atomic mass is 32.1. The van der Waals surface area contributed by atoms with E-state index in [9.17, 15) is 23.9 Å². The summed E-state index contributed by atoms with van der Waals surface area (Å²) >= 11 is 1.16. The average Bonchev–Trinajstić information content (AvgIpc) is 3.63. The van der Waals surface area contributed by atoms with Crippen LogP contribution in [0.1, 0.15) is 29.7 Å². The Balaban J connectivity index is 1.75. The molecule has 5 rings (SSSR count). The van der Waals surface area contributed by atoms with Crippen LogP contribution >= 0.6 is 11.3 Å². The highest BCUT2D eigenvalue weighted by molar-refractivity contribution is 7.21. The number of hydrogen-bond donors (Lipinski definition) is 1. The summed E-state index contributed by atoms with van der Waals surface area (Å²) in [5.41, 5.74) is -0.230. The zero-order valence-corrected chi connectivity index (χ0v) is 22.4. The van der Waals surface area contributed by atoms with E-state index in [-0.39, 0.29) is 38.6 Å². The maximum atomic E-state index is 14.3. The van der Waals surface area contributed by atoms with Crippen LogP contribution in [0, 0.1) is 12.7 Å². The third-order valence-corrected chi connectivity index (χ3v) is 8.08. The molecule has 4 aromatic rings. The molecule has 0 aliphatic carbocycles. The molecule has 3 aromatic heterocycles. The predicted molar refractivity (Wildman–Crippen MR) is 140 cm³/mol. The van der Waals surface area contributed by atoms with Gasteiger partial charge in [-0.1, -0.05) is 11.3 Å². The fraction of sp³-hybridized carbons (Fsp3) is 0.400. The molecule has 1 amide bonds. The Morgan fingerprint density at radius 1 is 1.23 bits per heavy atom. The number of aryl methyl sites for hydroxylation is 1. The van der Waals surface area contributed by atoms with E-state index in [1.54, 1.807) is 14.0 Å². The quantitative estimate of drug-likeness (QED) is 0.326. The number of benzene rings is 1. The minimum absolute atomic E-state index is 0.00999. The Hall–Kier alpha value is -3.88. The van der Waals surface area contributed by atoms with Crippen LogP contribution in [0.5, 0.6) is 5.75 Å². The molecule has 1 aliphatic heterocycles. The van der Waals surface area contributed by atoms with Gasteiger partial charge in [-0.05, 0) is 25.1 Å². The molecule has 12 nitrogen and oxygen atoms in total. The standard InChI is InChI=1S/C25H27FN6O6S/c1-14-21-22(35)31(16-11-20(34)29(2)12-16)25(36)30(24(21)39-23(14)32-27-6-7-28-32)13-19(38-9-8-33)17-10-15(26)4-5-18(17)37-3/h4-7,10,16,19,33H,8-9,11-13H2,1-3H3. The van der Waals surface area contributed by atoms with E-state index in [2.05, 4.69) is 10.2 Å². The van der Waals surface area contributed by atoms with Gasteiger partial charge in [-0.3, -0.25) is 18.7 Å². The molecule has 0 bridgehead atoms. The molecule has 2 unspecified atom stereocenters. The van der Waals surface area contributed by atoms with E-state index in [0.29, 0.717) is 32.1 Å². The van der Waals surface area contributed by atoms with E-state index in [0.717, 1.165) is 15.9 Å². The van der Waals surface area contributed by atoms with E-state index < -0.39 is 29.2 Å². The normalized spacial score (nSPS) is 16.4. The van der Waals surface area contributed by atoms with Crippen LogP contribution in [0.25, 0.3) is 15.2 Å². The van der Waals surface area contributed by atoms with Crippen LogP contribution in [0.4, 0.5) is 4.39 Å². The lowest BCUT2D eigenvalue weighted by Gasteiger charge is -2.23. The van der Waals surface area contributed by atoms with Crippen LogP contribution in [-0.2, 0) is 16.1 Å². The number of carbonyl (C=O) groups is 1. The van der Waals surface area contributed by atoms with Crippen molar-refractivity contribution in [1.82, 2.24) is 29.0 Å². The second-order valence-corrected chi connectivity index (χ2v) is 10.2. The number of ether oxygens (including phenoxy) is 2. The smallest absolute Gasteiger partial charge is 0.332 e. The number of halogens is 1. The molecule has 39 heavy (non-hydrogen) atoms. The molecule has 14 heteroatoms. The van der Waals surface area contributed by atoms with Gasteiger partial charge >= 0.3 is 5.69 Å². The number of likely N-dealkylation sites (N-methyl/N-ethyl adjacent to an activating group) is 1. The number of aliphatic hydroxyl groups is 1. The lowest BCUT2D eigenvalue weighted by atomic mass is 10.1. The second-order valence-electron chi connectivity index (χ2n) is 9.20. The topological polar surface area (TPSA) is 134 Å². The molecule has 1 fully saturated rings. The summed E-state index contributed by atoms with van der Waals surface area (Å²) in [6.45, 7) is 1.44. The fourth-order valence-corrected chi connectivity index (χ4v) is 6.14. The first-order valence-corrected chi connectivity index (χ1v) is 13.0. The second kappa shape index (κ2) is 10.7. The highest BCUT2D eigenvalue weighted by Gasteiger charge is 2.33. The number of carbonyl (C=O) groups excluding carboxylic acids is 1. The number of nitrogens with zero attached hydrogens (tertiary/aromatic N) is 6. The molecule has 206 valence electrons. The number of rotatable bonds is 9. The molecule has 0 radical (unpaired) electrons. The third-order valence-electron chi connectivity index (χ3n) is 6.80. The van der Waals surface area contributed by atoms with Crippen molar-refractivity contribution >= 4 is 27.5 Å². The summed E-state index contributed by atoms with van der Waals surface area (Å²) in [4.78, 5) is 43.4. The van der Waals surface area contributed by atoms with Crippen LogP contribution in [0.15, 0.2) is 40.2 Å². The first kappa shape index (κ1) is 26.7. The van der Waals surface area contributed by atoms with Gasteiger partial charge in [0, 0.05) is 31.1 Å². The maximum Gasteiger partial charge on any atom is 0.332 e. The Bertz CT molecular complexity index is 1650. The van der Waals surface area contributed by atoms with Gasteiger partial charge < -0.3 is 19.5 Å². The number of likely N-dealkylation sites (tertiary alicyclic amines) is 1. The molecule has 1 aromatic carbocycles. The first-order chi connectivity index (χ1) is 18.7. The Kier molecular flexibility index (Phi) is 7.34. The van der Waals surface area contributed by atoms with Crippen molar-refractivity contribution in [1.29, 1.82) is 0 Å². The zero-order valence-electron chi connectivity index (χ0n) is 21.5. The first-order valence-electron chi connectivity index (χ1n) is 12.2. The van der Waals surface area contributed by atoms with E-state index in [4.69, 9.17) is 9.47 Å². The van der Waals surface area contributed by atoms with Crippen LogP contribution < -0.4 is 16.0 Å². The number of methoxy groups -OCH3 is 1. The third kappa shape index (κ3) is 4.75. The molecule has 4 heterocycles. The summed E-state index contributed by atoms with van der Waals surface area (Å²) in [5, 5.41) is 18.7. The van der Waals surface area contributed by atoms with Crippen molar-refractivity contribution in [3.05, 3.63) is 68.4 Å². The molecule has 0 spiro atoms. The summed E-state index contributed by atoms with van der Waals surface area (Å²) in [6.07, 6.45) is 2.10. The van der Waals surface area contributed by atoms with Gasteiger partial charge in [0.15, 0.2) is 0 Å². The van der Waals surface area contributed by atoms with Gasteiger partial charge in [0.2, 0.25) is 5.91 Å². The number of aromatic nitrogens is 5. The molecular formula is C25H27FN6O6S. The van der Waals surface area contributed by atoms with Gasteiger partial charge in [0.1, 0.15) is 27.5 Å². The summed E-state index contributed by atoms with van der Waals surface area (Å²) in [5.74, 6) is -0.365. The van der Waals surface area contributed by atoms with Gasteiger partial charge in [0.05, 0.1) is 50.7 Å².